The maximum absolute atomic E-state index is 14.0. The summed E-state index contributed by atoms with van der Waals surface area (Å²) in [5.41, 5.74) is 0. The third-order valence-electron chi connectivity index (χ3n) is 4.56. The zero-order valence-electron chi connectivity index (χ0n) is 14.4. The average Bonchev–Trinajstić information content (AvgIpc) is 2.59. The zero-order valence-corrected chi connectivity index (χ0v) is 14.4. The lowest BCUT2D eigenvalue weighted by Crippen LogP contribution is -2.26. The van der Waals surface area contributed by atoms with Crippen molar-refractivity contribution in [2.24, 2.45) is 11.8 Å². The Morgan fingerprint density at radius 3 is 2.29 bits per heavy atom. The molecule has 134 valence electrons. The quantitative estimate of drug-likeness (QED) is 0.501. The molecule has 0 atom stereocenters. The molecular weight excluding hydrogens is 314 g/mol. The Labute approximate surface area is 142 Å². The molecule has 24 heavy (non-hydrogen) atoms. The molecule has 1 aromatic rings. The van der Waals surface area contributed by atoms with E-state index in [0.717, 1.165) is 32.1 Å². The summed E-state index contributed by atoms with van der Waals surface area (Å²) in [6.45, 7) is 4.34. The molecule has 0 aliphatic heterocycles. The highest BCUT2D eigenvalue weighted by atomic mass is 19.2. The Morgan fingerprint density at radius 2 is 1.67 bits per heavy atom. The van der Waals surface area contributed by atoms with Gasteiger partial charge in [-0.15, -0.1) is 0 Å². The van der Waals surface area contributed by atoms with E-state index in [4.69, 9.17) is 9.47 Å². The number of rotatable bonds is 7. The molecule has 0 spiro atoms. The van der Waals surface area contributed by atoms with Crippen molar-refractivity contribution in [2.75, 3.05) is 6.61 Å². The van der Waals surface area contributed by atoms with Crippen molar-refractivity contribution < 1.29 is 23.0 Å². The van der Waals surface area contributed by atoms with Crippen LogP contribution in [0.1, 0.15) is 58.8 Å². The van der Waals surface area contributed by atoms with Gasteiger partial charge in [0.25, 0.3) is 0 Å². The van der Waals surface area contributed by atoms with Crippen molar-refractivity contribution in [1.82, 2.24) is 0 Å². The van der Waals surface area contributed by atoms with Gasteiger partial charge in [-0.1, -0.05) is 26.7 Å². The number of carbonyl (C=O) groups excluding carboxylic acids is 1. The van der Waals surface area contributed by atoms with E-state index >= 15 is 0 Å². The fourth-order valence-electron chi connectivity index (χ4n) is 3.20. The van der Waals surface area contributed by atoms with Crippen molar-refractivity contribution in [1.29, 1.82) is 0 Å². The highest BCUT2D eigenvalue weighted by Crippen LogP contribution is 2.33. The Kier molecular flexibility index (Phi) is 7.00. The van der Waals surface area contributed by atoms with Crippen LogP contribution in [0.5, 0.6) is 11.5 Å². The predicted molar refractivity (Wildman–Crippen MR) is 88.1 cm³/mol. The van der Waals surface area contributed by atoms with Gasteiger partial charge >= 0.3 is 5.97 Å². The van der Waals surface area contributed by atoms with Crippen molar-refractivity contribution in [2.45, 2.75) is 58.8 Å². The lowest BCUT2D eigenvalue weighted by atomic mass is 9.80. The largest absolute Gasteiger partial charge is 0.490 e. The molecule has 1 aromatic carbocycles. The molecule has 1 saturated carbocycles. The molecule has 0 saturated heterocycles. The fraction of sp³-hybridized carbons (Fsp3) is 0.632. The minimum Gasteiger partial charge on any atom is -0.490 e. The molecule has 0 radical (unpaired) electrons. The number of hydrogen-bond donors (Lipinski definition) is 0. The number of halogens is 2. The van der Waals surface area contributed by atoms with Crippen LogP contribution in [0.25, 0.3) is 0 Å². The Hall–Kier alpha value is -1.65. The second kappa shape index (κ2) is 9.00. The lowest BCUT2D eigenvalue weighted by molar-refractivity contribution is -0.140. The number of hydrogen-bond acceptors (Lipinski definition) is 3. The van der Waals surface area contributed by atoms with E-state index in [9.17, 15) is 13.6 Å². The number of ether oxygens (including phenoxy) is 2. The van der Waals surface area contributed by atoms with Gasteiger partial charge in [-0.05, 0) is 50.2 Å². The molecule has 0 unspecified atom stereocenters. The molecule has 1 aliphatic rings. The van der Waals surface area contributed by atoms with Gasteiger partial charge < -0.3 is 9.47 Å². The second-order valence-corrected chi connectivity index (χ2v) is 6.47. The van der Waals surface area contributed by atoms with E-state index in [1.807, 2.05) is 6.92 Å². The minimum atomic E-state index is -1.17. The fourth-order valence-corrected chi connectivity index (χ4v) is 3.20. The molecular formula is C19H26F2O3. The Morgan fingerprint density at radius 1 is 1.04 bits per heavy atom. The van der Waals surface area contributed by atoms with Crippen molar-refractivity contribution in [3.63, 3.8) is 0 Å². The highest BCUT2D eigenvalue weighted by Gasteiger charge is 2.28. The lowest BCUT2D eigenvalue weighted by Gasteiger charge is -2.26. The molecule has 0 heterocycles. The summed E-state index contributed by atoms with van der Waals surface area (Å²) < 4.78 is 38.2. The van der Waals surface area contributed by atoms with Crippen LogP contribution < -0.4 is 9.47 Å². The normalized spacial score (nSPS) is 20.7. The van der Waals surface area contributed by atoms with Crippen LogP contribution in [0.3, 0.4) is 0 Å². The SMILES string of the molecule is CCCOc1ccc(OC(=O)C2CCC(CCC)CC2)c(F)c1F. The average molecular weight is 340 g/mol. The van der Waals surface area contributed by atoms with E-state index in [-0.39, 0.29) is 17.4 Å². The third kappa shape index (κ3) is 4.68. The second-order valence-electron chi connectivity index (χ2n) is 6.47. The van der Waals surface area contributed by atoms with Crippen LogP contribution >= 0.6 is 0 Å². The van der Waals surface area contributed by atoms with Gasteiger partial charge in [-0.2, -0.15) is 8.78 Å². The van der Waals surface area contributed by atoms with Crippen LogP contribution in [-0.4, -0.2) is 12.6 Å². The predicted octanol–water partition coefficient (Wildman–Crippen LogP) is 5.27. The van der Waals surface area contributed by atoms with Gasteiger partial charge in [-0.25, -0.2) is 0 Å². The van der Waals surface area contributed by atoms with Gasteiger partial charge in [0.2, 0.25) is 11.6 Å². The monoisotopic (exact) mass is 340 g/mol. The summed E-state index contributed by atoms with van der Waals surface area (Å²) in [6.07, 6.45) is 6.52. The standard InChI is InChI=1S/C19H26F2O3/c1-3-5-13-6-8-14(9-7-13)19(22)24-16-11-10-15(23-12-4-2)17(20)18(16)21/h10-11,13-14H,3-9,12H2,1-2H3. The summed E-state index contributed by atoms with van der Waals surface area (Å²) in [5, 5.41) is 0. The summed E-state index contributed by atoms with van der Waals surface area (Å²) >= 11 is 0. The molecule has 3 nitrogen and oxygen atoms in total. The van der Waals surface area contributed by atoms with Crippen LogP contribution in [0.4, 0.5) is 8.78 Å². The van der Waals surface area contributed by atoms with Gasteiger partial charge in [-0.3, -0.25) is 4.79 Å². The first-order valence-electron chi connectivity index (χ1n) is 8.89. The van der Waals surface area contributed by atoms with Crippen molar-refractivity contribution in [3.05, 3.63) is 23.8 Å². The molecule has 0 aromatic heterocycles. The highest BCUT2D eigenvalue weighted by molar-refractivity contribution is 5.75. The van der Waals surface area contributed by atoms with Crippen molar-refractivity contribution >= 4 is 5.97 Å². The maximum Gasteiger partial charge on any atom is 0.314 e. The molecule has 5 heteroatoms. The van der Waals surface area contributed by atoms with Gasteiger partial charge in [0.1, 0.15) is 0 Å². The molecule has 1 fully saturated rings. The van der Waals surface area contributed by atoms with Crippen LogP contribution in [-0.2, 0) is 4.79 Å². The molecule has 0 bridgehead atoms. The van der Waals surface area contributed by atoms with E-state index in [1.165, 1.54) is 18.6 Å². The minimum absolute atomic E-state index is 0.158. The van der Waals surface area contributed by atoms with Crippen LogP contribution in [0.2, 0.25) is 0 Å². The van der Waals surface area contributed by atoms with E-state index in [0.29, 0.717) is 18.9 Å². The van der Waals surface area contributed by atoms with Gasteiger partial charge in [0, 0.05) is 0 Å². The summed E-state index contributed by atoms with van der Waals surface area (Å²) in [5.74, 6) is -2.83. The molecule has 2 rings (SSSR count). The van der Waals surface area contributed by atoms with E-state index < -0.39 is 17.6 Å². The van der Waals surface area contributed by atoms with Crippen LogP contribution in [0.15, 0.2) is 12.1 Å². The van der Waals surface area contributed by atoms with Gasteiger partial charge in [0.05, 0.1) is 12.5 Å². The van der Waals surface area contributed by atoms with E-state index in [1.54, 1.807) is 0 Å². The third-order valence-corrected chi connectivity index (χ3v) is 4.56. The molecule has 0 N–H and O–H groups in total. The Balaban J connectivity index is 1.96. The summed E-state index contributed by atoms with van der Waals surface area (Å²) in [4.78, 5) is 12.2. The zero-order chi connectivity index (χ0) is 17.5. The molecule has 0 amide bonds. The summed E-state index contributed by atoms with van der Waals surface area (Å²) in [7, 11) is 0. The smallest absolute Gasteiger partial charge is 0.314 e. The summed E-state index contributed by atoms with van der Waals surface area (Å²) in [6, 6.07) is 2.55. The first kappa shape index (κ1) is 18.7. The topological polar surface area (TPSA) is 35.5 Å². The van der Waals surface area contributed by atoms with E-state index in [2.05, 4.69) is 6.92 Å². The number of esters is 1. The number of carbonyl (C=O) groups is 1. The Bertz CT molecular complexity index is 552. The first-order valence-corrected chi connectivity index (χ1v) is 8.89. The van der Waals surface area contributed by atoms with Crippen molar-refractivity contribution in [3.8, 4) is 11.5 Å². The number of benzene rings is 1. The molecule has 1 aliphatic carbocycles. The first-order chi connectivity index (χ1) is 11.6. The maximum atomic E-state index is 14.0. The van der Waals surface area contributed by atoms with Gasteiger partial charge in [0.15, 0.2) is 11.5 Å². The van der Waals surface area contributed by atoms with Crippen LogP contribution in [0, 0.1) is 23.5 Å².